The quantitative estimate of drug-likeness (QED) is 0.928. The van der Waals surface area contributed by atoms with E-state index in [0.29, 0.717) is 17.4 Å². The molecule has 0 saturated carbocycles. The molecule has 0 fully saturated rings. The minimum Gasteiger partial charge on any atom is -0.382 e. The van der Waals surface area contributed by atoms with Gasteiger partial charge in [-0.05, 0) is 31.2 Å². The Kier molecular flexibility index (Phi) is 3.62. The molecule has 18 heavy (non-hydrogen) atoms. The lowest BCUT2D eigenvalue weighted by Gasteiger charge is -2.23. The number of aromatic nitrogens is 2. The third-order valence-corrected chi connectivity index (χ3v) is 2.87. The Balaban J connectivity index is 2.45. The van der Waals surface area contributed by atoms with Crippen molar-refractivity contribution in [3.63, 3.8) is 0 Å². The van der Waals surface area contributed by atoms with Gasteiger partial charge in [0.15, 0.2) is 5.82 Å². The second kappa shape index (κ2) is 5.18. The van der Waals surface area contributed by atoms with E-state index in [1.807, 2.05) is 11.8 Å². The van der Waals surface area contributed by atoms with Gasteiger partial charge < -0.3 is 10.6 Å². The molecule has 1 aromatic heterocycles. The van der Waals surface area contributed by atoms with E-state index in [4.69, 9.17) is 17.3 Å². The first-order chi connectivity index (χ1) is 8.63. The predicted octanol–water partition coefficient (Wildman–Crippen LogP) is 3.01. The summed E-state index contributed by atoms with van der Waals surface area (Å²) in [6, 6.07) is 6.09. The third-order valence-electron chi connectivity index (χ3n) is 2.51. The fourth-order valence-electron chi connectivity index (χ4n) is 1.64. The topological polar surface area (TPSA) is 55.0 Å². The Morgan fingerprint density at radius 2 is 1.94 bits per heavy atom. The molecule has 0 atom stereocenters. The van der Waals surface area contributed by atoms with Gasteiger partial charge in [-0.2, -0.15) is 0 Å². The minimum absolute atomic E-state index is 0.224. The van der Waals surface area contributed by atoms with Crippen molar-refractivity contribution in [1.29, 1.82) is 0 Å². The zero-order chi connectivity index (χ0) is 13.1. The maximum absolute atomic E-state index is 12.9. The van der Waals surface area contributed by atoms with E-state index in [0.717, 1.165) is 5.69 Å². The molecular formula is C12H12ClFN4. The summed E-state index contributed by atoms with van der Waals surface area (Å²) in [5.41, 5.74) is 6.44. The lowest BCUT2D eigenvalue weighted by atomic mass is 10.2. The van der Waals surface area contributed by atoms with Crippen LogP contribution in [0.3, 0.4) is 0 Å². The molecule has 2 aromatic rings. The van der Waals surface area contributed by atoms with Gasteiger partial charge in [-0.25, -0.2) is 14.4 Å². The molecule has 1 aromatic carbocycles. The molecule has 0 saturated heterocycles. The van der Waals surface area contributed by atoms with Crippen molar-refractivity contribution in [2.75, 3.05) is 17.2 Å². The van der Waals surface area contributed by atoms with E-state index in [9.17, 15) is 4.39 Å². The molecule has 0 unspecified atom stereocenters. The molecule has 6 heteroatoms. The summed E-state index contributed by atoms with van der Waals surface area (Å²) in [6.45, 7) is 2.57. The van der Waals surface area contributed by atoms with Crippen molar-refractivity contribution in [3.8, 4) is 0 Å². The van der Waals surface area contributed by atoms with Crippen LogP contribution in [0.2, 0.25) is 5.02 Å². The van der Waals surface area contributed by atoms with Crippen LogP contribution in [0, 0.1) is 5.82 Å². The minimum atomic E-state index is -0.289. The number of nitrogen functional groups attached to an aromatic ring is 1. The zero-order valence-electron chi connectivity index (χ0n) is 9.77. The van der Waals surface area contributed by atoms with Crippen LogP contribution in [-0.2, 0) is 0 Å². The van der Waals surface area contributed by atoms with Crippen molar-refractivity contribution < 1.29 is 4.39 Å². The average molecular weight is 267 g/mol. The highest BCUT2D eigenvalue weighted by Gasteiger charge is 2.14. The van der Waals surface area contributed by atoms with Crippen LogP contribution in [0.15, 0.2) is 30.6 Å². The molecular weight excluding hydrogens is 255 g/mol. The number of benzene rings is 1. The number of hydrogen-bond donors (Lipinski definition) is 1. The van der Waals surface area contributed by atoms with E-state index in [2.05, 4.69) is 9.97 Å². The van der Waals surface area contributed by atoms with Crippen LogP contribution >= 0.6 is 11.6 Å². The number of nitrogens with two attached hydrogens (primary N) is 1. The third kappa shape index (κ3) is 2.36. The highest BCUT2D eigenvalue weighted by atomic mass is 35.5. The summed E-state index contributed by atoms with van der Waals surface area (Å²) in [5.74, 6) is 0.448. The molecule has 2 rings (SSSR count). The van der Waals surface area contributed by atoms with E-state index in [1.165, 1.54) is 18.5 Å². The molecule has 0 amide bonds. The Labute approximate surface area is 109 Å². The summed E-state index contributed by atoms with van der Waals surface area (Å²) in [6.07, 6.45) is 1.35. The van der Waals surface area contributed by atoms with Crippen LogP contribution in [-0.4, -0.2) is 16.5 Å². The van der Waals surface area contributed by atoms with Gasteiger partial charge in [-0.15, -0.1) is 0 Å². The number of anilines is 3. The first-order valence-corrected chi connectivity index (χ1v) is 5.80. The average Bonchev–Trinajstić information content (AvgIpc) is 2.37. The molecule has 0 aliphatic carbocycles. The first-order valence-electron chi connectivity index (χ1n) is 5.42. The number of rotatable bonds is 3. The Morgan fingerprint density at radius 1 is 1.28 bits per heavy atom. The van der Waals surface area contributed by atoms with Gasteiger partial charge in [-0.1, -0.05) is 11.6 Å². The van der Waals surface area contributed by atoms with Crippen molar-refractivity contribution in [1.82, 2.24) is 9.97 Å². The predicted molar refractivity (Wildman–Crippen MR) is 70.5 cm³/mol. The van der Waals surface area contributed by atoms with E-state index < -0.39 is 0 Å². The van der Waals surface area contributed by atoms with Crippen LogP contribution in [0.25, 0.3) is 0 Å². The smallest absolute Gasteiger partial charge is 0.157 e. The normalized spacial score (nSPS) is 10.4. The van der Waals surface area contributed by atoms with Gasteiger partial charge in [0.1, 0.15) is 23.0 Å². The lowest BCUT2D eigenvalue weighted by molar-refractivity contribution is 0.628. The second-order valence-electron chi connectivity index (χ2n) is 3.62. The molecule has 4 nitrogen and oxygen atoms in total. The SMILES string of the molecule is CCN(c1ccc(F)cc1)c1ncnc(N)c1Cl. The molecule has 0 radical (unpaired) electrons. The number of nitrogens with zero attached hydrogens (tertiary/aromatic N) is 3. The van der Waals surface area contributed by atoms with E-state index >= 15 is 0 Å². The van der Waals surface area contributed by atoms with Crippen molar-refractivity contribution in [3.05, 3.63) is 41.4 Å². The highest BCUT2D eigenvalue weighted by Crippen LogP contribution is 2.31. The molecule has 94 valence electrons. The fraction of sp³-hybridized carbons (Fsp3) is 0.167. The summed E-state index contributed by atoms with van der Waals surface area (Å²) in [7, 11) is 0. The van der Waals surface area contributed by atoms with Crippen molar-refractivity contribution in [2.24, 2.45) is 0 Å². The Hall–Kier alpha value is -1.88. The van der Waals surface area contributed by atoms with Crippen LogP contribution < -0.4 is 10.6 Å². The summed E-state index contributed by atoms with van der Waals surface area (Å²) < 4.78 is 12.9. The summed E-state index contributed by atoms with van der Waals surface area (Å²) in [4.78, 5) is 9.76. The van der Waals surface area contributed by atoms with Gasteiger partial charge in [-0.3, -0.25) is 0 Å². The monoisotopic (exact) mass is 266 g/mol. The molecule has 2 N–H and O–H groups in total. The van der Waals surface area contributed by atoms with E-state index in [1.54, 1.807) is 12.1 Å². The van der Waals surface area contributed by atoms with Gasteiger partial charge >= 0.3 is 0 Å². The number of hydrogen-bond acceptors (Lipinski definition) is 4. The number of halogens is 2. The lowest BCUT2D eigenvalue weighted by Crippen LogP contribution is -2.18. The Bertz CT molecular complexity index is 544. The molecule has 1 heterocycles. The Morgan fingerprint density at radius 3 is 2.56 bits per heavy atom. The highest BCUT2D eigenvalue weighted by molar-refractivity contribution is 6.35. The van der Waals surface area contributed by atoms with Gasteiger partial charge in [0.05, 0.1) is 0 Å². The largest absolute Gasteiger partial charge is 0.382 e. The van der Waals surface area contributed by atoms with Gasteiger partial charge in [0, 0.05) is 12.2 Å². The zero-order valence-corrected chi connectivity index (χ0v) is 10.5. The van der Waals surface area contributed by atoms with Gasteiger partial charge in [0.2, 0.25) is 0 Å². The fourth-order valence-corrected chi connectivity index (χ4v) is 1.84. The van der Waals surface area contributed by atoms with Gasteiger partial charge in [0.25, 0.3) is 0 Å². The van der Waals surface area contributed by atoms with E-state index in [-0.39, 0.29) is 11.6 Å². The standard InChI is InChI=1S/C12H12ClFN4/c1-2-18(9-5-3-8(14)4-6-9)12-10(13)11(15)16-7-17-12/h3-7H,2H2,1H3,(H2,15,16,17). The van der Waals surface area contributed by atoms with Crippen LogP contribution in [0.5, 0.6) is 0 Å². The first kappa shape index (κ1) is 12.6. The van der Waals surface area contributed by atoms with Crippen LogP contribution in [0.1, 0.15) is 6.92 Å². The van der Waals surface area contributed by atoms with Crippen LogP contribution in [0.4, 0.5) is 21.7 Å². The summed E-state index contributed by atoms with van der Waals surface area (Å²) in [5, 5.41) is 0.295. The molecule has 0 aliphatic heterocycles. The van der Waals surface area contributed by atoms with Crippen molar-refractivity contribution in [2.45, 2.75) is 6.92 Å². The molecule has 0 bridgehead atoms. The second-order valence-corrected chi connectivity index (χ2v) is 4.00. The maximum atomic E-state index is 12.9. The summed E-state index contributed by atoms with van der Waals surface area (Å²) >= 11 is 6.08. The molecule has 0 aliphatic rings. The maximum Gasteiger partial charge on any atom is 0.157 e. The van der Waals surface area contributed by atoms with Crippen molar-refractivity contribution >= 4 is 28.9 Å². The molecule has 0 spiro atoms.